The number of benzene rings is 1. The average Bonchev–Trinajstić information content (AvgIpc) is 2.45. The molecule has 20 heavy (non-hydrogen) atoms. The van der Waals surface area contributed by atoms with Crippen molar-refractivity contribution in [2.24, 2.45) is 0 Å². The van der Waals surface area contributed by atoms with E-state index < -0.39 is 0 Å². The van der Waals surface area contributed by atoms with Crippen LogP contribution >= 0.6 is 0 Å². The van der Waals surface area contributed by atoms with E-state index in [1.165, 1.54) is 11.1 Å². The fourth-order valence-electron chi connectivity index (χ4n) is 2.65. The van der Waals surface area contributed by atoms with Crippen molar-refractivity contribution in [2.75, 3.05) is 20.2 Å². The number of ether oxygens (including phenoxy) is 1. The van der Waals surface area contributed by atoms with Crippen molar-refractivity contribution in [2.45, 2.75) is 51.9 Å². The first-order chi connectivity index (χ1) is 9.75. The Morgan fingerprint density at radius 2 is 1.70 bits per heavy atom. The van der Waals surface area contributed by atoms with Crippen LogP contribution in [0.25, 0.3) is 0 Å². The fraction of sp³-hybridized carbons (Fsp3) is 0.647. The molecule has 1 aromatic rings. The van der Waals surface area contributed by atoms with Gasteiger partial charge in [-0.05, 0) is 37.1 Å². The molecular formula is C17H28N2O. The van der Waals surface area contributed by atoms with Crippen molar-refractivity contribution >= 4 is 0 Å². The van der Waals surface area contributed by atoms with Gasteiger partial charge in [-0.25, -0.2) is 0 Å². The molecule has 1 aliphatic carbocycles. The van der Waals surface area contributed by atoms with Gasteiger partial charge in [0.1, 0.15) is 0 Å². The Morgan fingerprint density at radius 1 is 1.10 bits per heavy atom. The number of hydrogen-bond acceptors (Lipinski definition) is 3. The van der Waals surface area contributed by atoms with Crippen LogP contribution in [-0.2, 0) is 17.8 Å². The predicted molar refractivity (Wildman–Crippen MR) is 83.7 cm³/mol. The highest BCUT2D eigenvalue weighted by atomic mass is 16.5. The van der Waals surface area contributed by atoms with E-state index in [9.17, 15) is 0 Å². The third-order valence-corrected chi connectivity index (χ3v) is 4.35. The summed E-state index contributed by atoms with van der Waals surface area (Å²) in [5.41, 5.74) is 2.77. The SMILES string of the molecule is CCN(CC)Cc1ccc(CNC2CC(OC)C2)cc1. The van der Waals surface area contributed by atoms with E-state index in [2.05, 4.69) is 48.3 Å². The van der Waals surface area contributed by atoms with Crippen molar-refractivity contribution in [1.29, 1.82) is 0 Å². The number of nitrogens with zero attached hydrogens (tertiary/aromatic N) is 1. The largest absolute Gasteiger partial charge is 0.381 e. The zero-order chi connectivity index (χ0) is 14.4. The molecule has 0 spiro atoms. The Morgan fingerprint density at radius 3 is 2.25 bits per heavy atom. The smallest absolute Gasteiger partial charge is 0.0601 e. The van der Waals surface area contributed by atoms with Crippen molar-refractivity contribution in [3.63, 3.8) is 0 Å². The minimum absolute atomic E-state index is 0.476. The molecule has 3 heteroatoms. The van der Waals surface area contributed by atoms with E-state index in [1.54, 1.807) is 7.11 Å². The summed E-state index contributed by atoms with van der Waals surface area (Å²) in [6, 6.07) is 9.65. The van der Waals surface area contributed by atoms with E-state index in [4.69, 9.17) is 4.74 Å². The van der Waals surface area contributed by atoms with Gasteiger partial charge < -0.3 is 10.1 Å². The number of nitrogens with one attached hydrogen (secondary N) is 1. The zero-order valence-electron chi connectivity index (χ0n) is 13.1. The lowest BCUT2D eigenvalue weighted by molar-refractivity contribution is 0.0170. The lowest BCUT2D eigenvalue weighted by Crippen LogP contribution is -2.44. The molecule has 1 saturated carbocycles. The van der Waals surface area contributed by atoms with Crippen LogP contribution < -0.4 is 5.32 Å². The maximum Gasteiger partial charge on any atom is 0.0601 e. The van der Waals surface area contributed by atoms with Gasteiger partial charge in [0.2, 0.25) is 0 Å². The van der Waals surface area contributed by atoms with E-state index in [0.29, 0.717) is 12.1 Å². The molecule has 3 nitrogen and oxygen atoms in total. The Hall–Kier alpha value is -0.900. The molecule has 0 aromatic heterocycles. The van der Waals surface area contributed by atoms with Gasteiger partial charge in [-0.2, -0.15) is 0 Å². The maximum absolute atomic E-state index is 5.30. The second-order valence-electron chi connectivity index (χ2n) is 5.68. The van der Waals surface area contributed by atoms with Crippen LogP contribution in [0.4, 0.5) is 0 Å². The molecule has 0 saturated heterocycles. The lowest BCUT2D eigenvalue weighted by atomic mass is 9.89. The first-order valence-corrected chi connectivity index (χ1v) is 7.81. The molecule has 0 atom stereocenters. The summed E-state index contributed by atoms with van der Waals surface area (Å²) in [4.78, 5) is 2.44. The van der Waals surface area contributed by atoms with Gasteiger partial charge in [-0.3, -0.25) is 4.90 Å². The molecule has 1 fully saturated rings. The van der Waals surface area contributed by atoms with E-state index in [1.807, 2.05) is 0 Å². The molecule has 2 rings (SSSR count). The molecule has 0 amide bonds. The van der Waals surface area contributed by atoms with E-state index >= 15 is 0 Å². The summed E-state index contributed by atoms with van der Waals surface area (Å²) in [5, 5.41) is 3.59. The number of hydrogen-bond donors (Lipinski definition) is 1. The lowest BCUT2D eigenvalue weighted by Gasteiger charge is -2.34. The normalized spacial score (nSPS) is 22.0. The van der Waals surface area contributed by atoms with Crippen LogP contribution in [0.15, 0.2) is 24.3 Å². The van der Waals surface area contributed by atoms with Crippen molar-refractivity contribution in [3.05, 3.63) is 35.4 Å². The van der Waals surface area contributed by atoms with Crippen LogP contribution in [0.5, 0.6) is 0 Å². The van der Waals surface area contributed by atoms with Crippen LogP contribution in [0.3, 0.4) is 0 Å². The van der Waals surface area contributed by atoms with Crippen molar-refractivity contribution in [1.82, 2.24) is 10.2 Å². The topological polar surface area (TPSA) is 24.5 Å². The van der Waals surface area contributed by atoms with Gasteiger partial charge in [0.15, 0.2) is 0 Å². The van der Waals surface area contributed by atoms with Gasteiger partial charge in [0, 0.05) is 26.2 Å². The Bertz CT molecular complexity index is 380. The summed E-state index contributed by atoms with van der Waals surface area (Å²) < 4.78 is 5.30. The molecule has 0 bridgehead atoms. The standard InChI is InChI=1S/C17H28N2O/c1-4-19(5-2)13-15-8-6-14(7-9-15)12-18-16-10-17(11-16)20-3/h6-9,16-18H,4-5,10-13H2,1-3H3. The summed E-state index contributed by atoms with van der Waals surface area (Å²) in [7, 11) is 1.80. The summed E-state index contributed by atoms with van der Waals surface area (Å²) in [5.74, 6) is 0. The summed E-state index contributed by atoms with van der Waals surface area (Å²) in [6.45, 7) is 8.68. The molecule has 0 heterocycles. The van der Waals surface area contributed by atoms with Crippen LogP contribution in [0.1, 0.15) is 37.8 Å². The first kappa shape index (κ1) is 15.5. The number of rotatable bonds is 8. The van der Waals surface area contributed by atoms with Crippen molar-refractivity contribution in [3.8, 4) is 0 Å². The molecule has 0 aliphatic heterocycles. The molecule has 1 aliphatic rings. The minimum atomic E-state index is 0.476. The highest BCUT2D eigenvalue weighted by molar-refractivity contribution is 5.22. The van der Waals surface area contributed by atoms with Crippen LogP contribution in [0.2, 0.25) is 0 Å². The molecule has 112 valence electrons. The Labute approximate surface area is 123 Å². The Balaban J connectivity index is 1.74. The monoisotopic (exact) mass is 276 g/mol. The number of methoxy groups -OCH3 is 1. The molecule has 0 unspecified atom stereocenters. The van der Waals surface area contributed by atoms with Gasteiger partial charge in [0.25, 0.3) is 0 Å². The van der Waals surface area contributed by atoms with Crippen molar-refractivity contribution < 1.29 is 4.74 Å². The van der Waals surface area contributed by atoms with Gasteiger partial charge in [0.05, 0.1) is 6.10 Å². The third-order valence-electron chi connectivity index (χ3n) is 4.35. The maximum atomic E-state index is 5.30. The Kier molecular flexibility index (Phi) is 6.02. The summed E-state index contributed by atoms with van der Waals surface area (Å²) >= 11 is 0. The van der Waals surface area contributed by atoms with Gasteiger partial charge in [-0.15, -0.1) is 0 Å². The third kappa shape index (κ3) is 4.30. The fourth-order valence-corrected chi connectivity index (χ4v) is 2.65. The average molecular weight is 276 g/mol. The zero-order valence-corrected chi connectivity index (χ0v) is 13.1. The second-order valence-corrected chi connectivity index (χ2v) is 5.68. The predicted octanol–water partition coefficient (Wildman–Crippen LogP) is 2.80. The van der Waals surface area contributed by atoms with E-state index in [0.717, 1.165) is 39.0 Å². The quantitative estimate of drug-likeness (QED) is 0.790. The van der Waals surface area contributed by atoms with Gasteiger partial charge >= 0.3 is 0 Å². The highest BCUT2D eigenvalue weighted by Gasteiger charge is 2.28. The van der Waals surface area contributed by atoms with E-state index in [-0.39, 0.29) is 0 Å². The highest BCUT2D eigenvalue weighted by Crippen LogP contribution is 2.22. The molecule has 1 N–H and O–H groups in total. The molecule has 0 radical (unpaired) electrons. The van der Waals surface area contributed by atoms with Gasteiger partial charge in [-0.1, -0.05) is 38.1 Å². The van der Waals surface area contributed by atoms with Crippen LogP contribution in [0, 0.1) is 0 Å². The van der Waals surface area contributed by atoms with Crippen LogP contribution in [-0.4, -0.2) is 37.2 Å². The minimum Gasteiger partial charge on any atom is -0.381 e. The second kappa shape index (κ2) is 7.77. The molecule has 1 aromatic carbocycles. The molecular weight excluding hydrogens is 248 g/mol. The first-order valence-electron chi connectivity index (χ1n) is 7.81. The summed E-state index contributed by atoms with van der Waals surface area (Å²) in [6.07, 6.45) is 2.77.